The van der Waals surface area contributed by atoms with E-state index in [0.29, 0.717) is 0 Å². The molecule has 3 nitrogen and oxygen atoms in total. The van der Waals surface area contributed by atoms with Gasteiger partial charge < -0.3 is 10.1 Å². The lowest BCUT2D eigenvalue weighted by Gasteiger charge is -2.58. The molecule has 0 unspecified atom stereocenters. The van der Waals surface area contributed by atoms with Crippen LogP contribution in [0.2, 0.25) is 0 Å². The van der Waals surface area contributed by atoms with Crippen LogP contribution in [0.4, 0.5) is 0 Å². The van der Waals surface area contributed by atoms with Gasteiger partial charge in [0.15, 0.2) is 0 Å². The summed E-state index contributed by atoms with van der Waals surface area (Å²) in [5.41, 5.74) is 1.57. The molecule has 2 aliphatic rings. The molecule has 1 aromatic carbocycles. The Morgan fingerprint density at radius 1 is 1.20 bits per heavy atom. The van der Waals surface area contributed by atoms with Gasteiger partial charge >= 0.3 is 0 Å². The zero-order chi connectivity index (χ0) is 14.2. The summed E-state index contributed by atoms with van der Waals surface area (Å²) in [4.78, 5) is 2.62. The molecule has 110 valence electrons. The number of hydrogen-bond donors (Lipinski definition) is 1. The van der Waals surface area contributed by atoms with E-state index < -0.39 is 0 Å². The normalized spacial score (nSPS) is 23.4. The van der Waals surface area contributed by atoms with E-state index in [2.05, 4.69) is 64.3 Å². The molecule has 0 aliphatic carbocycles. The average Bonchev–Trinajstić information content (AvgIpc) is 2.40. The van der Waals surface area contributed by atoms with E-state index in [1.165, 1.54) is 10.0 Å². The first-order valence-electron chi connectivity index (χ1n) is 7.36. The fourth-order valence-electron chi connectivity index (χ4n) is 3.52. The standard InChI is InChI=1S/C16H23BrN2O/c1-15(2,19-9-7-18-8-10-19)16(11-20-12-16)13-5-3-4-6-14(13)17/h3-6,18H,7-12H2,1-2H3. The summed E-state index contributed by atoms with van der Waals surface area (Å²) < 4.78 is 6.86. The van der Waals surface area contributed by atoms with Gasteiger partial charge in [0.1, 0.15) is 0 Å². The molecule has 2 fully saturated rings. The summed E-state index contributed by atoms with van der Waals surface area (Å²) in [5, 5.41) is 3.44. The van der Waals surface area contributed by atoms with Crippen LogP contribution in [0.15, 0.2) is 28.7 Å². The molecule has 0 radical (unpaired) electrons. The van der Waals surface area contributed by atoms with Gasteiger partial charge in [-0.1, -0.05) is 34.1 Å². The summed E-state index contributed by atoms with van der Waals surface area (Å²) in [5.74, 6) is 0. The zero-order valence-corrected chi connectivity index (χ0v) is 13.9. The number of ether oxygens (including phenoxy) is 1. The molecular weight excluding hydrogens is 316 g/mol. The molecule has 1 N–H and O–H groups in total. The minimum Gasteiger partial charge on any atom is -0.379 e. The van der Waals surface area contributed by atoms with Crippen LogP contribution in [-0.4, -0.2) is 49.8 Å². The highest BCUT2D eigenvalue weighted by atomic mass is 79.9. The van der Waals surface area contributed by atoms with Crippen LogP contribution in [0.25, 0.3) is 0 Å². The SMILES string of the molecule is CC(C)(N1CCNCC1)C1(c2ccccc2Br)COC1. The van der Waals surface area contributed by atoms with E-state index in [-0.39, 0.29) is 11.0 Å². The Morgan fingerprint density at radius 3 is 2.40 bits per heavy atom. The second-order valence-corrected chi connectivity index (χ2v) is 7.21. The summed E-state index contributed by atoms with van der Waals surface area (Å²) in [7, 11) is 0. The van der Waals surface area contributed by atoms with E-state index in [1.807, 2.05) is 0 Å². The smallest absolute Gasteiger partial charge is 0.0609 e. The van der Waals surface area contributed by atoms with Crippen molar-refractivity contribution < 1.29 is 4.74 Å². The lowest BCUT2D eigenvalue weighted by Crippen LogP contribution is -2.69. The third-order valence-electron chi connectivity index (χ3n) is 5.17. The molecule has 2 aliphatic heterocycles. The summed E-state index contributed by atoms with van der Waals surface area (Å²) in [6, 6.07) is 8.60. The highest BCUT2D eigenvalue weighted by Gasteiger charge is 2.55. The van der Waals surface area contributed by atoms with Gasteiger partial charge in [-0.2, -0.15) is 0 Å². The van der Waals surface area contributed by atoms with Crippen molar-refractivity contribution in [3.63, 3.8) is 0 Å². The van der Waals surface area contributed by atoms with Crippen LogP contribution in [0.5, 0.6) is 0 Å². The molecule has 3 rings (SSSR count). The maximum absolute atomic E-state index is 5.66. The van der Waals surface area contributed by atoms with Crippen molar-refractivity contribution >= 4 is 15.9 Å². The van der Waals surface area contributed by atoms with Gasteiger partial charge in [0.2, 0.25) is 0 Å². The molecule has 0 aromatic heterocycles. The maximum Gasteiger partial charge on any atom is 0.0609 e. The number of benzene rings is 1. The minimum absolute atomic E-state index is 0.0877. The molecule has 0 amide bonds. The van der Waals surface area contributed by atoms with Crippen molar-refractivity contribution in [1.29, 1.82) is 0 Å². The monoisotopic (exact) mass is 338 g/mol. The van der Waals surface area contributed by atoms with Gasteiger partial charge in [-0.3, -0.25) is 4.90 Å². The largest absolute Gasteiger partial charge is 0.379 e. The number of nitrogens with zero attached hydrogens (tertiary/aromatic N) is 1. The van der Waals surface area contributed by atoms with Gasteiger partial charge in [-0.05, 0) is 25.5 Å². The van der Waals surface area contributed by atoms with E-state index in [0.717, 1.165) is 39.4 Å². The van der Waals surface area contributed by atoms with Crippen molar-refractivity contribution in [1.82, 2.24) is 10.2 Å². The molecule has 4 heteroatoms. The first-order valence-corrected chi connectivity index (χ1v) is 8.16. The van der Waals surface area contributed by atoms with Crippen molar-refractivity contribution in [3.05, 3.63) is 34.3 Å². The number of rotatable bonds is 3. The molecule has 0 saturated carbocycles. The van der Waals surface area contributed by atoms with E-state index in [9.17, 15) is 0 Å². The van der Waals surface area contributed by atoms with Crippen molar-refractivity contribution in [2.45, 2.75) is 24.8 Å². The molecule has 20 heavy (non-hydrogen) atoms. The quantitative estimate of drug-likeness (QED) is 0.915. The zero-order valence-electron chi connectivity index (χ0n) is 12.3. The molecule has 2 heterocycles. The molecule has 2 saturated heterocycles. The Bertz CT molecular complexity index is 479. The maximum atomic E-state index is 5.66. The third-order valence-corrected chi connectivity index (χ3v) is 5.86. The number of halogens is 1. The van der Waals surface area contributed by atoms with E-state index in [4.69, 9.17) is 4.74 Å². The van der Waals surface area contributed by atoms with Crippen LogP contribution in [-0.2, 0) is 10.2 Å². The summed E-state index contributed by atoms with van der Waals surface area (Å²) in [6.07, 6.45) is 0. The molecular formula is C16H23BrN2O. The van der Waals surface area contributed by atoms with Crippen LogP contribution in [0, 0.1) is 0 Å². The lowest BCUT2D eigenvalue weighted by molar-refractivity contribution is -0.136. The summed E-state index contributed by atoms with van der Waals surface area (Å²) in [6.45, 7) is 10.8. The van der Waals surface area contributed by atoms with Gasteiger partial charge in [0.25, 0.3) is 0 Å². The Hall–Kier alpha value is -0.420. The van der Waals surface area contributed by atoms with Crippen LogP contribution >= 0.6 is 15.9 Å². The Labute approximate surface area is 129 Å². The highest BCUT2D eigenvalue weighted by Crippen LogP contribution is 2.47. The van der Waals surface area contributed by atoms with Crippen molar-refractivity contribution in [2.24, 2.45) is 0 Å². The summed E-state index contributed by atoms with van der Waals surface area (Å²) >= 11 is 3.74. The van der Waals surface area contributed by atoms with Gasteiger partial charge in [0, 0.05) is 36.2 Å². The molecule has 0 spiro atoms. The van der Waals surface area contributed by atoms with Crippen molar-refractivity contribution in [2.75, 3.05) is 39.4 Å². The Balaban J connectivity index is 1.97. The van der Waals surface area contributed by atoms with Crippen LogP contribution < -0.4 is 5.32 Å². The second-order valence-electron chi connectivity index (χ2n) is 6.35. The molecule has 0 atom stereocenters. The lowest BCUT2D eigenvalue weighted by atomic mass is 9.64. The Kier molecular flexibility index (Phi) is 3.93. The van der Waals surface area contributed by atoms with E-state index >= 15 is 0 Å². The third kappa shape index (κ3) is 2.13. The number of hydrogen-bond acceptors (Lipinski definition) is 3. The highest BCUT2D eigenvalue weighted by molar-refractivity contribution is 9.10. The first-order chi connectivity index (χ1) is 9.58. The predicted octanol–water partition coefficient (Wildman–Crippen LogP) is 2.40. The average molecular weight is 339 g/mol. The van der Waals surface area contributed by atoms with E-state index in [1.54, 1.807) is 0 Å². The number of piperazine rings is 1. The Morgan fingerprint density at radius 2 is 1.85 bits per heavy atom. The predicted molar refractivity (Wildman–Crippen MR) is 85.2 cm³/mol. The molecule has 0 bridgehead atoms. The number of nitrogens with one attached hydrogen (secondary N) is 1. The van der Waals surface area contributed by atoms with Gasteiger partial charge in [-0.25, -0.2) is 0 Å². The van der Waals surface area contributed by atoms with Crippen molar-refractivity contribution in [3.8, 4) is 0 Å². The van der Waals surface area contributed by atoms with Gasteiger partial charge in [0.05, 0.1) is 18.6 Å². The fourth-order valence-corrected chi connectivity index (χ4v) is 4.18. The van der Waals surface area contributed by atoms with Crippen LogP contribution in [0.3, 0.4) is 0 Å². The fraction of sp³-hybridized carbons (Fsp3) is 0.625. The second kappa shape index (κ2) is 5.41. The molecule has 1 aromatic rings. The first kappa shape index (κ1) is 14.5. The minimum atomic E-state index is 0.0877. The van der Waals surface area contributed by atoms with Crippen LogP contribution in [0.1, 0.15) is 19.4 Å². The topological polar surface area (TPSA) is 24.5 Å². The van der Waals surface area contributed by atoms with Gasteiger partial charge in [-0.15, -0.1) is 0 Å².